The van der Waals surface area contributed by atoms with Gasteiger partial charge in [-0.15, -0.1) is 16.9 Å². The van der Waals surface area contributed by atoms with E-state index in [0.717, 1.165) is 22.2 Å². The third kappa shape index (κ3) is 4.20. The summed E-state index contributed by atoms with van der Waals surface area (Å²) in [6.45, 7) is 1.98. The van der Waals surface area contributed by atoms with E-state index in [9.17, 15) is 4.79 Å². The number of rotatable bonds is 7. The Morgan fingerprint density at radius 3 is 2.69 bits per heavy atom. The summed E-state index contributed by atoms with van der Waals surface area (Å²) in [6, 6.07) is 15.1. The zero-order chi connectivity index (χ0) is 18.4. The monoisotopic (exact) mass is 369 g/mol. The lowest BCUT2D eigenvalue weighted by Crippen LogP contribution is -2.16. The number of hydrogen-bond donors (Lipinski definition) is 1. The molecule has 1 aromatic heterocycles. The van der Waals surface area contributed by atoms with E-state index in [0.29, 0.717) is 17.9 Å². The smallest absolute Gasteiger partial charge is 0.234 e. The molecule has 3 aromatic rings. The normalized spacial score (nSPS) is 10.5. The summed E-state index contributed by atoms with van der Waals surface area (Å²) in [7, 11) is 1.63. The highest BCUT2D eigenvalue weighted by Crippen LogP contribution is 2.23. The van der Waals surface area contributed by atoms with Gasteiger partial charge in [-0.3, -0.25) is 4.79 Å². The van der Waals surface area contributed by atoms with Gasteiger partial charge in [-0.1, -0.05) is 19.1 Å². The number of nitrogens with zero attached hydrogens (tertiary/aromatic N) is 4. The van der Waals surface area contributed by atoms with E-state index in [1.54, 1.807) is 11.8 Å². The molecule has 0 fully saturated rings. The number of aromatic nitrogens is 4. The Morgan fingerprint density at radius 2 is 1.96 bits per heavy atom. The molecular formula is C18H19N5O2S. The maximum Gasteiger partial charge on any atom is 0.234 e. The maximum absolute atomic E-state index is 12.4. The number of methoxy groups -OCH3 is 1. The average molecular weight is 369 g/mol. The van der Waals surface area contributed by atoms with Gasteiger partial charge in [0.05, 0.1) is 24.2 Å². The van der Waals surface area contributed by atoms with Crippen LogP contribution in [0.4, 0.5) is 5.69 Å². The van der Waals surface area contributed by atoms with Crippen LogP contribution in [0.3, 0.4) is 0 Å². The number of carbonyl (C=O) groups is 1. The Labute approximate surface area is 155 Å². The Hall–Kier alpha value is -2.87. The van der Waals surface area contributed by atoms with E-state index in [-0.39, 0.29) is 5.91 Å². The third-order valence-corrected chi connectivity index (χ3v) is 4.70. The van der Waals surface area contributed by atoms with Gasteiger partial charge in [-0.05, 0) is 46.8 Å². The highest BCUT2D eigenvalue weighted by Gasteiger charge is 2.12. The summed E-state index contributed by atoms with van der Waals surface area (Å²) in [5.41, 5.74) is 1.42. The number of benzene rings is 2. The first-order chi connectivity index (χ1) is 12.7. The molecule has 0 atom stereocenters. The number of carbonyl (C=O) groups excluding carboxylic acids is 1. The number of tetrazole rings is 1. The highest BCUT2D eigenvalue weighted by atomic mass is 32.2. The van der Waals surface area contributed by atoms with Crippen molar-refractivity contribution < 1.29 is 9.53 Å². The summed E-state index contributed by atoms with van der Waals surface area (Å²) in [5, 5.41) is 14.7. The molecule has 0 spiro atoms. The van der Waals surface area contributed by atoms with Gasteiger partial charge in [0.15, 0.2) is 5.82 Å². The van der Waals surface area contributed by atoms with Gasteiger partial charge < -0.3 is 10.1 Å². The van der Waals surface area contributed by atoms with Crippen molar-refractivity contribution in [2.45, 2.75) is 18.2 Å². The summed E-state index contributed by atoms with van der Waals surface area (Å²) in [6.07, 6.45) is 0.697. The van der Waals surface area contributed by atoms with Crippen molar-refractivity contribution in [1.29, 1.82) is 0 Å². The van der Waals surface area contributed by atoms with E-state index in [2.05, 4.69) is 20.8 Å². The molecule has 1 heterocycles. The van der Waals surface area contributed by atoms with Gasteiger partial charge in [-0.25, -0.2) is 0 Å². The number of ether oxygens (including phenoxy) is 1. The SMILES string of the molecule is CCc1nnnn1-c1ccccc1NC(=O)CSc1ccc(OC)cc1. The van der Waals surface area contributed by atoms with Crippen LogP contribution in [0.25, 0.3) is 5.69 Å². The quantitative estimate of drug-likeness (QED) is 0.645. The third-order valence-electron chi connectivity index (χ3n) is 3.69. The van der Waals surface area contributed by atoms with Crippen LogP contribution in [0.5, 0.6) is 5.75 Å². The summed E-state index contributed by atoms with van der Waals surface area (Å²) in [5.74, 6) is 1.74. The van der Waals surface area contributed by atoms with Gasteiger partial charge in [0.1, 0.15) is 5.75 Å². The molecule has 2 aromatic carbocycles. The number of nitrogens with one attached hydrogen (secondary N) is 1. The number of aryl methyl sites for hydroxylation is 1. The predicted molar refractivity (Wildman–Crippen MR) is 101 cm³/mol. The lowest BCUT2D eigenvalue weighted by Gasteiger charge is -2.11. The van der Waals surface area contributed by atoms with Gasteiger partial charge in [-0.2, -0.15) is 4.68 Å². The molecule has 26 heavy (non-hydrogen) atoms. The van der Waals surface area contributed by atoms with Crippen molar-refractivity contribution in [3.05, 3.63) is 54.4 Å². The largest absolute Gasteiger partial charge is 0.497 e. The molecule has 0 bridgehead atoms. The highest BCUT2D eigenvalue weighted by molar-refractivity contribution is 8.00. The zero-order valence-electron chi connectivity index (χ0n) is 14.5. The van der Waals surface area contributed by atoms with Crippen LogP contribution in [-0.4, -0.2) is 39.0 Å². The van der Waals surface area contributed by atoms with Crippen molar-refractivity contribution >= 4 is 23.4 Å². The summed E-state index contributed by atoms with van der Waals surface area (Å²) >= 11 is 1.46. The lowest BCUT2D eigenvalue weighted by molar-refractivity contribution is -0.113. The minimum atomic E-state index is -0.0932. The van der Waals surface area contributed by atoms with Gasteiger partial charge in [0, 0.05) is 11.3 Å². The lowest BCUT2D eigenvalue weighted by atomic mass is 10.2. The molecule has 0 saturated carbocycles. The molecular weight excluding hydrogens is 350 g/mol. The van der Waals surface area contributed by atoms with Crippen LogP contribution >= 0.6 is 11.8 Å². The van der Waals surface area contributed by atoms with Crippen molar-refractivity contribution in [3.8, 4) is 11.4 Å². The number of anilines is 1. The number of para-hydroxylation sites is 2. The fourth-order valence-corrected chi connectivity index (χ4v) is 3.08. The zero-order valence-corrected chi connectivity index (χ0v) is 15.4. The first-order valence-corrected chi connectivity index (χ1v) is 9.13. The van der Waals surface area contributed by atoms with E-state index in [1.807, 2.05) is 55.5 Å². The van der Waals surface area contributed by atoms with E-state index >= 15 is 0 Å². The van der Waals surface area contributed by atoms with Crippen molar-refractivity contribution in [2.75, 3.05) is 18.2 Å². The van der Waals surface area contributed by atoms with Crippen LogP contribution in [0, 0.1) is 0 Å². The topological polar surface area (TPSA) is 81.9 Å². The van der Waals surface area contributed by atoms with Crippen LogP contribution in [-0.2, 0) is 11.2 Å². The molecule has 0 saturated heterocycles. The minimum absolute atomic E-state index is 0.0932. The Bertz CT molecular complexity index is 879. The number of amides is 1. The maximum atomic E-state index is 12.4. The van der Waals surface area contributed by atoms with E-state index in [4.69, 9.17) is 4.74 Å². The first kappa shape index (κ1) is 17.9. The van der Waals surface area contributed by atoms with Crippen molar-refractivity contribution in [3.63, 3.8) is 0 Å². The van der Waals surface area contributed by atoms with Crippen LogP contribution in [0.1, 0.15) is 12.7 Å². The molecule has 0 aliphatic rings. The fourth-order valence-electron chi connectivity index (χ4n) is 2.38. The van der Waals surface area contributed by atoms with Gasteiger partial charge in [0.2, 0.25) is 5.91 Å². The molecule has 0 unspecified atom stereocenters. The fraction of sp³-hybridized carbons (Fsp3) is 0.222. The van der Waals surface area contributed by atoms with Crippen LogP contribution in [0.15, 0.2) is 53.4 Å². The van der Waals surface area contributed by atoms with Crippen LogP contribution < -0.4 is 10.1 Å². The summed E-state index contributed by atoms with van der Waals surface area (Å²) < 4.78 is 6.78. The second kappa shape index (κ2) is 8.48. The molecule has 1 N–H and O–H groups in total. The molecule has 1 amide bonds. The molecule has 8 heteroatoms. The molecule has 0 radical (unpaired) electrons. The van der Waals surface area contributed by atoms with Crippen LogP contribution in [0.2, 0.25) is 0 Å². The second-order valence-corrected chi connectivity index (χ2v) is 6.44. The Balaban J connectivity index is 1.68. The van der Waals surface area contributed by atoms with Crippen molar-refractivity contribution in [2.24, 2.45) is 0 Å². The molecule has 7 nitrogen and oxygen atoms in total. The van der Waals surface area contributed by atoms with E-state index in [1.165, 1.54) is 11.8 Å². The Kier molecular flexibility index (Phi) is 5.85. The minimum Gasteiger partial charge on any atom is -0.497 e. The standard InChI is InChI=1S/C18H19N5O2S/c1-3-17-20-21-22-23(17)16-7-5-4-6-15(16)19-18(24)12-26-14-10-8-13(25-2)9-11-14/h4-11H,3,12H2,1-2H3,(H,19,24). The average Bonchev–Trinajstić information content (AvgIpc) is 3.16. The predicted octanol–water partition coefficient (Wildman–Crippen LogP) is 2.96. The van der Waals surface area contributed by atoms with E-state index < -0.39 is 0 Å². The van der Waals surface area contributed by atoms with Gasteiger partial charge >= 0.3 is 0 Å². The van der Waals surface area contributed by atoms with Gasteiger partial charge in [0.25, 0.3) is 0 Å². The molecule has 0 aliphatic carbocycles. The molecule has 3 rings (SSSR count). The number of thioether (sulfide) groups is 1. The van der Waals surface area contributed by atoms with Crippen molar-refractivity contribution in [1.82, 2.24) is 20.2 Å². The molecule has 134 valence electrons. The Morgan fingerprint density at radius 1 is 1.19 bits per heavy atom. The number of hydrogen-bond acceptors (Lipinski definition) is 6. The summed E-state index contributed by atoms with van der Waals surface area (Å²) in [4.78, 5) is 13.4. The molecule has 0 aliphatic heterocycles. The first-order valence-electron chi connectivity index (χ1n) is 8.14. The second-order valence-electron chi connectivity index (χ2n) is 5.39.